The molecule has 1 aromatic carbocycles. The minimum atomic E-state index is -1.13. The van der Waals surface area contributed by atoms with Crippen molar-refractivity contribution in [3.05, 3.63) is 44.2 Å². The lowest BCUT2D eigenvalue weighted by Crippen LogP contribution is -2.23. The van der Waals surface area contributed by atoms with E-state index in [-0.39, 0.29) is 28.3 Å². The topological polar surface area (TPSA) is 153 Å². The number of H-pyrrole nitrogens is 1. The number of carboxylic acid groups (broad SMARTS) is 1. The number of nitriles is 2. The van der Waals surface area contributed by atoms with Gasteiger partial charge >= 0.3 is 5.97 Å². The zero-order valence-corrected chi connectivity index (χ0v) is 14.4. The van der Waals surface area contributed by atoms with Gasteiger partial charge in [0, 0.05) is 5.56 Å². The third kappa shape index (κ3) is 3.47. The molecular formula is C16H11BrN4O4. The van der Waals surface area contributed by atoms with Crippen molar-refractivity contribution in [2.24, 2.45) is 0 Å². The van der Waals surface area contributed by atoms with Gasteiger partial charge < -0.3 is 20.6 Å². The van der Waals surface area contributed by atoms with Crippen LogP contribution >= 0.6 is 15.9 Å². The quantitative estimate of drug-likeness (QED) is 0.705. The molecule has 0 aliphatic heterocycles. The highest BCUT2D eigenvalue weighted by molar-refractivity contribution is 9.10. The van der Waals surface area contributed by atoms with Crippen LogP contribution in [0.1, 0.15) is 18.1 Å². The number of ether oxygens (including phenoxy) is 1. The van der Waals surface area contributed by atoms with Crippen LogP contribution in [0.2, 0.25) is 0 Å². The Morgan fingerprint density at radius 1 is 1.36 bits per heavy atom. The molecule has 0 saturated heterocycles. The highest BCUT2D eigenvalue weighted by Crippen LogP contribution is 2.34. The number of halogens is 1. The van der Waals surface area contributed by atoms with Crippen molar-refractivity contribution in [3.8, 4) is 29.0 Å². The average Bonchev–Trinajstić information content (AvgIpc) is 2.55. The molecule has 0 saturated carbocycles. The largest absolute Gasteiger partial charge is 0.479 e. The van der Waals surface area contributed by atoms with E-state index in [1.54, 1.807) is 6.07 Å². The summed E-state index contributed by atoms with van der Waals surface area (Å²) in [6.07, 6.45) is -1.07. The Bertz CT molecular complexity index is 1000. The lowest BCUT2D eigenvalue weighted by atomic mass is 9.96. The van der Waals surface area contributed by atoms with Gasteiger partial charge in [-0.3, -0.25) is 4.79 Å². The van der Waals surface area contributed by atoms with E-state index in [2.05, 4.69) is 20.9 Å². The maximum absolute atomic E-state index is 11.9. The molecule has 2 rings (SSSR count). The van der Waals surface area contributed by atoms with E-state index < -0.39 is 17.6 Å². The number of nitrogens with two attached hydrogens (primary N) is 1. The molecule has 1 aromatic heterocycles. The van der Waals surface area contributed by atoms with Crippen LogP contribution in [-0.2, 0) is 4.79 Å². The van der Waals surface area contributed by atoms with E-state index in [1.165, 1.54) is 25.1 Å². The van der Waals surface area contributed by atoms with Gasteiger partial charge in [0.2, 0.25) is 0 Å². The lowest BCUT2D eigenvalue weighted by molar-refractivity contribution is -0.144. The Labute approximate surface area is 150 Å². The summed E-state index contributed by atoms with van der Waals surface area (Å²) < 4.78 is 5.68. The zero-order chi connectivity index (χ0) is 18.7. The van der Waals surface area contributed by atoms with Crippen molar-refractivity contribution in [1.82, 2.24) is 4.98 Å². The average molecular weight is 403 g/mol. The first-order chi connectivity index (χ1) is 11.8. The van der Waals surface area contributed by atoms with Crippen molar-refractivity contribution in [1.29, 1.82) is 10.5 Å². The fourth-order valence-corrected chi connectivity index (χ4v) is 2.60. The number of carboxylic acids is 1. The molecule has 0 aliphatic rings. The van der Waals surface area contributed by atoms with E-state index in [0.717, 1.165) is 0 Å². The number of rotatable bonds is 4. The first-order valence-electron chi connectivity index (χ1n) is 6.85. The number of anilines is 1. The van der Waals surface area contributed by atoms with Crippen molar-refractivity contribution < 1.29 is 14.6 Å². The predicted molar refractivity (Wildman–Crippen MR) is 91.8 cm³/mol. The Kier molecular flexibility index (Phi) is 5.11. The van der Waals surface area contributed by atoms with Crippen molar-refractivity contribution in [2.75, 3.05) is 5.73 Å². The molecular weight excluding hydrogens is 392 g/mol. The Hall–Kier alpha value is -3.30. The Morgan fingerprint density at radius 3 is 2.52 bits per heavy atom. The molecule has 9 heteroatoms. The third-order valence-corrected chi connectivity index (χ3v) is 3.96. The van der Waals surface area contributed by atoms with Crippen LogP contribution in [0.3, 0.4) is 0 Å². The molecule has 4 N–H and O–H groups in total. The van der Waals surface area contributed by atoms with Crippen LogP contribution in [-0.4, -0.2) is 22.2 Å². The Balaban J connectivity index is 2.64. The zero-order valence-electron chi connectivity index (χ0n) is 12.8. The van der Waals surface area contributed by atoms with Gasteiger partial charge in [0.05, 0.1) is 4.47 Å². The number of pyridine rings is 1. The number of nitrogens with one attached hydrogen (secondary N) is 1. The van der Waals surface area contributed by atoms with Gasteiger partial charge in [0.25, 0.3) is 5.56 Å². The van der Waals surface area contributed by atoms with E-state index in [9.17, 15) is 20.1 Å². The summed E-state index contributed by atoms with van der Waals surface area (Å²) in [4.78, 5) is 25.1. The highest BCUT2D eigenvalue weighted by atomic mass is 79.9. The standard InChI is InChI=1S/C16H11BrN4O4/c1-7(16(23)24)25-12-3-2-8(4-11(12)17)13-9(5-18)14(20)21-15(22)10(13)6-19/h2-4,7H,1H3,(H,23,24)(H3,20,21,22). The maximum atomic E-state index is 11.9. The van der Waals surface area contributed by atoms with Crippen LogP contribution in [0.15, 0.2) is 27.5 Å². The van der Waals surface area contributed by atoms with Gasteiger partial charge in [-0.2, -0.15) is 10.5 Å². The summed E-state index contributed by atoms with van der Waals surface area (Å²) in [5.74, 6) is -1.01. The molecule has 126 valence electrons. The number of nitrogens with zero attached hydrogens (tertiary/aromatic N) is 2. The monoisotopic (exact) mass is 402 g/mol. The molecule has 0 amide bonds. The van der Waals surface area contributed by atoms with Crippen LogP contribution in [0.4, 0.5) is 5.82 Å². The second-order valence-corrected chi connectivity index (χ2v) is 5.81. The minimum absolute atomic E-state index is 0.0318. The molecule has 0 fully saturated rings. The molecule has 0 bridgehead atoms. The SMILES string of the molecule is CC(Oc1ccc(-c2c(C#N)c(N)[nH]c(=O)c2C#N)cc1Br)C(=O)O. The number of nitrogen functional groups attached to an aromatic ring is 1. The summed E-state index contributed by atoms with van der Waals surface area (Å²) in [6.45, 7) is 1.38. The van der Waals surface area contributed by atoms with E-state index in [0.29, 0.717) is 10.0 Å². The number of aromatic amines is 1. The molecule has 2 aromatic rings. The molecule has 0 spiro atoms. The fraction of sp³-hybridized carbons (Fsp3) is 0.125. The van der Waals surface area contributed by atoms with Crippen LogP contribution in [0, 0.1) is 22.7 Å². The molecule has 8 nitrogen and oxygen atoms in total. The van der Waals surface area contributed by atoms with Gasteiger partial charge in [-0.15, -0.1) is 0 Å². The first-order valence-corrected chi connectivity index (χ1v) is 7.64. The van der Waals surface area contributed by atoms with Crippen molar-refractivity contribution >= 4 is 27.7 Å². The lowest BCUT2D eigenvalue weighted by Gasteiger charge is -2.14. The molecule has 1 heterocycles. The maximum Gasteiger partial charge on any atom is 0.344 e. The number of carbonyl (C=O) groups is 1. The number of hydrogen-bond acceptors (Lipinski definition) is 6. The highest BCUT2D eigenvalue weighted by Gasteiger charge is 2.20. The van der Waals surface area contributed by atoms with Crippen LogP contribution < -0.4 is 16.0 Å². The summed E-state index contributed by atoms with van der Waals surface area (Å²) in [6, 6.07) is 8.13. The van der Waals surface area contributed by atoms with E-state index >= 15 is 0 Å². The second-order valence-electron chi connectivity index (χ2n) is 4.96. The Morgan fingerprint density at radius 2 is 2.00 bits per heavy atom. The van der Waals surface area contributed by atoms with E-state index in [4.69, 9.17) is 15.6 Å². The van der Waals surface area contributed by atoms with Gasteiger partial charge in [0.15, 0.2) is 6.10 Å². The molecule has 1 unspecified atom stereocenters. The van der Waals surface area contributed by atoms with Gasteiger partial charge in [0.1, 0.15) is 34.8 Å². The fourth-order valence-electron chi connectivity index (χ4n) is 2.12. The normalized spacial score (nSPS) is 11.2. The number of benzene rings is 1. The van der Waals surface area contributed by atoms with Crippen LogP contribution in [0.5, 0.6) is 5.75 Å². The number of aliphatic carboxylic acids is 1. The summed E-state index contributed by atoms with van der Waals surface area (Å²) in [5, 5.41) is 27.5. The smallest absolute Gasteiger partial charge is 0.344 e. The summed E-state index contributed by atoms with van der Waals surface area (Å²) in [5.41, 5.74) is 5.18. The predicted octanol–water partition coefficient (Wildman–Crippen LogP) is 1.98. The summed E-state index contributed by atoms with van der Waals surface area (Å²) in [7, 11) is 0. The molecule has 1 atom stereocenters. The minimum Gasteiger partial charge on any atom is -0.479 e. The molecule has 25 heavy (non-hydrogen) atoms. The van der Waals surface area contributed by atoms with Gasteiger partial charge in [-0.25, -0.2) is 4.79 Å². The molecule has 0 radical (unpaired) electrons. The van der Waals surface area contributed by atoms with Crippen molar-refractivity contribution in [3.63, 3.8) is 0 Å². The second kappa shape index (κ2) is 7.07. The molecule has 0 aliphatic carbocycles. The number of hydrogen-bond donors (Lipinski definition) is 3. The third-order valence-electron chi connectivity index (χ3n) is 3.34. The van der Waals surface area contributed by atoms with E-state index in [1.807, 2.05) is 6.07 Å². The summed E-state index contributed by atoms with van der Waals surface area (Å²) >= 11 is 3.25. The van der Waals surface area contributed by atoms with Gasteiger partial charge in [-0.1, -0.05) is 6.07 Å². The van der Waals surface area contributed by atoms with Crippen molar-refractivity contribution in [2.45, 2.75) is 13.0 Å². The van der Waals surface area contributed by atoms with Gasteiger partial charge in [-0.05, 0) is 40.5 Å². The van der Waals surface area contributed by atoms with Crippen LogP contribution in [0.25, 0.3) is 11.1 Å². The first kappa shape index (κ1) is 18.0. The number of aromatic nitrogens is 1.